The number of rotatable bonds is 5. The zero-order chi connectivity index (χ0) is 11.4. The number of nitrogens with zero attached hydrogens (tertiary/aromatic N) is 2. The van der Waals surface area contributed by atoms with Crippen LogP contribution in [0.15, 0.2) is 0 Å². The molecule has 0 aromatic carbocycles. The summed E-state index contributed by atoms with van der Waals surface area (Å²) in [6, 6.07) is 0.351. The van der Waals surface area contributed by atoms with Crippen molar-refractivity contribution in [2.24, 2.45) is 0 Å². The third-order valence-electron chi connectivity index (χ3n) is 2.47. The van der Waals surface area contributed by atoms with Crippen LogP contribution < -0.4 is 0 Å². The minimum Gasteiger partial charge on any atom is -0.382 e. The number of aryl methyl sites for hydroxylation is 1. The van der Waals surface area contributed by atoms with E-state index in [1.54, 1.807) is 7.11 Å². The van der Waals surface area contributed by atoms with Gasteiger partial charge in [0.05, 0.1) is 6.10 Å². The molecule has 15 heavy (non-hydrogen) atoms. The minimum absolute atomic E-state index is 0.260. The van der Waals surface area contributed by atoms with Gasteiger partial charge >= 0.3 is 0 Å². The van der Waals surface area contributed by atoms with E-state index >= 15 is 0 Å². The molecule has 0 aliphatic carbocycles. The molecule has 1 unspecified atom stereocenters. The molecule has 5 heteroatoms. The molecule has 0 saturated heterocycles. The van der Waals surface area contributed by atoms with Crippen molar-refractivity contribution in [1.29, 1.82) is 0 Å². The highest BCUT2D eigenvalue weighted by molar-refractivity contribution is 7.71. The van der Waals surface area contributed by atoms with Gasteiger partial charge in [-0.3, -0.25) is 5.10 Å². The first-order chi connectivity index (χ1) is 7.06. The van der Waals surface area contributed by atoms with Crippen molar-refractivity contribution in [3.63, 3.8) is 0 Å². The predicted octanol–water partition coefficient (Wildman–Crippen LogP) is 2.49. The SMILES string of the molecule is COC(C)CCc1n[nH]c(=S)n1C(C)C. The topological polar surface area (TPSA) is 42.8 Å². The normalized spacial score (nSPS) is 13.4. The van der Waals surface area contributed by atoms with E-state index in [9.17, 15) is 0 Å². The Morgan fingerprint density at radius 3 is 2.67 bits per heavy atom. The third-order valence-corrected chi connectivity index (χ3v) is 2.76. The fourth-order valence-electron chi connectivity index (χ4n) is 1.50. The van der Waals surface area contributed by atoms with Crippen LogP contribution in [0.4, 0.5) is 0 Å². The Morgan fingerprint density at radius 2 is 2.13 bits per heavy atom. The molecule has 0 spiro atoms. The van der Waals surface area contributed by atoms with Crippen LogP contribution >= 0.6 is 12.2 Å². The van der Waals surface area contributed by atoms with Crippen LogP contribution in [0.2, 0.25) is 0 Å². The molecule has 1 atom stereocenters. The molecule has 1 heterocycles. The average molecular weight is 229 g/mol. The molecule has 0 saturated carbocycles. The van der Waals surface area contributed by atoms with Crippen molar-refractivity contribution in [3.8, 4) is 0 Å². The Morgan fingerprint density at radius 1 is 1.47 bits per heavy atom. The van der Waals surface area contributed by atoms with Crippen molar-refractivity contribution in [2.45, 2.75) is 45.8 Å². The lowest BCUT2D eigenvalue weighted by Crippen LogP contribution is -2.11. The number of H-pyrrole nitrogens is 1. The molecule has 1 rings (SSSR count). The number of aromatic amines is 1. The van der Waals surface area contributed by atoms with Crippen molar-refractivity contribution in [2.75, 3.05) is 7.11 Å². The Labute approximate surface area is 95.7 Å². The van der Waals surface area contributed by atoms with Crippen LogP contribution in [-0.2, 0) is 11.2 Å². The lowest BCUT2D eigenvalue weighted by Gasteiger charge is -2.12. The van der Waals surface area contributed by atoms with Crippen LogP contribution in [-0.4, -0.2) is 28.0 Å². The summed E-state index contributed by atoms with van der Waals surface area (Å²) in [5.41, 5.74) is 0. The zero-order valence-electron chi connectivity index (χ0n) is 9.78. The quantitative estimate of drug-likeness (QED) is 0.789. The summed E-state index contributed by atoms with van der Waals surface area (Å²) in [7, 11) is 1.73. The molecule has 0 radical (unpaired) electrons. The standard InChI is InChI=1S/C10H19N3OS/c1-7(2)13-9(11-12-10(13)15)6-5-8(3)14-4/h7-8H,5-6H2,1-4H3,(H,12,15). The smallest absolute Gasteiger partial charge is 0.195 e. The van der Waals surface area contributed by atoms with Gasteiger partial charge in [-0.2, -0.15) is 5.10 Å². The predicted molar refractivity (Wildman–Crippen MR) is 62.6 cm³/mol. The molecular weight excluding hydrogens is 210 g/mol. The minimum atomic E-state index is 0.260. The molecule has 0 aliphatic heterocycles. The maximum atomic E-state index is 5.21. The van der Waals surface area contributed by atoms with Gasteiger partial charge in [-0.15, -0.1) is 0 Å². The lowest BCUT2D eigenvalue weighted by molar-refractivity contribution is 0.110. The van der Waals surface area contributed by atoms with E-state index < -0.39 is 0 Å². The number of ether oxygens (including phenoxy) is 1. The van der Waals surface area contributed by atoms with Crippen molar-refractivity contribution in [3.05, 3.63) is 10.6 Å². The first-order valence-electron chi connectivity index (χ1n) is 5.24. The summed E-state index contributed by atoms with van der Waals surface area (Å²) in [6.45, 7) is 6.27. The number of nitrogens with one attached hydrogen (secondary N) is 1. The Balaban J connectivity index is 2.73. The Bertz CT molecular complexity index is 356. The number of hydrogen-bond donors (Lipinski definition) is 1. The highest BCUT2D eigenvalue weighted by Crippen LogP contribution is 2.11. The van der Waals surface area contributed by atoms with Crippen LogP contribution in [0.1, 0.15) is 39.1 Å². The summed E-state index contributed by atoms with van der Waals surface area (Å²) in [4.78, 5) is 0. The van der Waals surface area contributed by atoms with Gasteiger partial charge in [0.25, 0.3) is 0 Å². The van der Waals surface area contributed by atoms with Crippen LogP contribution in [0.25, 0.3) is 0 Å². The summed E-state index contributed by atoms with van der Waals surface area (Å²) < 4.78 is 7.96. The van der Waals surface area contributed by atoms with E-state index in [0.717, 1.165) is 18.7 Å². The van der Waals surface area contributed by atoms with E-state index in [-0.39, 0.29) is 6.10 Å². The molecule has 4 nitrogen and oxygen atoms in total. The van der Waals surface area contributed by atoms with Crippen molar-refractivity contribution < 1.29 is 4.74 Å². The molecule has 0 bridgehead atoms. The monoisotopic (exact) mass is 229 g/mol. The van der Waals surface area contributed by atoms with Gasteiger partial charge in [-0.25, -0.2) is 0 Å². The highest BCUT2D eigenvalue weighted by atomic mass is 32.1. The molecule has 0 amide bonds. The van der Waals surface area contributed by atoms with E-state index in [2.05, 4.69) is 35.5 Å². The van der Waals surface area contributed by atoms with Gasteiger partial charge in [-0.05, 0) is 39.4 Å². The number of aromatic nitrogens is 3. The van der Waals surface area contributed by atoms with E-state index in [1.807, 2.05) is 0 Å². The molecular formula is C10H19N3OS. The summed E-state index contributed by atoms with van der Waals surface area (Å²) >= 11 is 5.17. The largest absolute Gasteiger partial charge is 0.382 e. The van der Waals surface area contributed by atoms with Gasteiger partial charge in [0.1, 0.15) is 5.82 Å². The second kappa shape index (κ2) is 5.42. The highest BCUT2D eigenvalue weighted by Gasteiger charge is 2.10. The van der Waals surface area contributed by atoms with Gasteiger partial charge in [0.15, 0.2) is 4.77 Å². The molecule has 0 fully saturated rings. The fraction of sp³-hybridized carbons (Fsp3) is 0.800. The summed E-state index contributed by atoms with van der Waals surface area (Å²) in [6.07, 6.45) is 2.11. The van der Waals surface area contributed by atoms with Crippen LogP contribution in [0.3, 0.4) is 0 Å². The molecule has 1 N–H and O–H groups in total. The van der Waals surface area contributed by atoms with Crippen molar-refractivity contribution >= 4 is 12.2 Å². The van der Waals surface area contributed by atoms with E-state index in [0.29, 0.717) is 10.8 Å². The molecule has 1 aromatic heterocycles. The first-order valence-corrected chi connectivity index (χ1v) is 5.65. The lowest BCUT2D eigenvalue weighted by atomic mass is 10.2. The Kier molecular flexibility index (Phi) is 4.47. The van der Waals surface area contributed by atoms with Gasteiger partial charge < -0.3 is 9.30 Å². The summed E-state index contributed by atoms with van der Waals surface area (Å²) in [5.74, 6) is 1.01. The molecule has 86 valence electrons. The third kappa shape index (κ3) is 3.14. The molecule has 1 aromatic rings. The zero-order valence-corrected chi connectivity index (χ0v) is 10.6. The van der Waals surface area contributed by atoms with E-state index in [1.165, 1.54) is 0 Å². The summed E-state index contributed by atoms with van der Waals surface area (Å²) in [5, 5.41) is 7.07. The number of methoxy groups -OCH3 is 1. The average Bonchev–Trinajstić information content (AvgIpc) is 2.56. The first kappa shape index (κ1) is 12.4. The second-order valence-corrected chi connectivity index (χ2v) is 4.38. The maximum Gasteiger partial charge on any atom is 0.195 e. The van der Waals surface area contributed by atoms with Crippen molar-refractivity contribution in [1.82, 2.24) is 14.8 Å². The Hall–Kier alpha value is -0.680. The second-order valence-electron chi connectivity index (χ2n) is 3.99. The van der Waals surface area contributed by atoms with Crippen LogP contribution in [0.5, 0.6) is 0 Å². The maximum absolute atomic E-state index is 5.21. The van der Waals surface area contributed by atoms with Crippen LogP contribution in [0, 0.1) is 4.77 Å². The van der Waals surface area contributed by atoms with Gasteiger partial charge in [0.2, 0.25) is 0 Å². The van der Waals surface area contributed by atoms with Gasteiger partial charge in [0, 0.05) is 19.6 Å². The fourth-order valence-corrected chi connectivity index (χ4v) is 1.86. The van der Waals surface area contributed by atoms with E-state index in [4.69, 9.17) is 17.0 Å². The van der Waals surface area contributed by atoms with Gasteiger partial charge in [-0.1, -0.05) is 0 Å². The number of hydrogen-bond acceptors (Lipinski definition) is 3. The molecule has 0 aliphatic rings.